The minimum absolute atomic E-state index is 0.500. The summed E-state index contributed by atoms with van der Waals surface area (Å²) in [6.07, 6.45) is 0. The van der Waals surface area contributed by atoms with Crippen molar-refractivity contribution in [2.24, 2.45) is 0 Å². The number of aryl methyl sites for hydroxylation is 1. The molecule has 0 bridgehead atoms. The average molecular weight is 232 g/mol. The van der Waals surface area contributed by atoms with Crippen molar-refractivity contribution >= 4 is 23.0 Å². The van der Waals surface area contributed by atoms with E-state index in [-0.39, 0.29) is 0 Å². The summed E-state index contributed by atoms with van der Waals surface area (Å²) < 4.78 is 0.724. The van der Waals surface area contributed by atoms with E-state index in [1.807, 2.05) is 6.92 Å². The lowest BCUT2D eigenvalue weighted by molar-refractivity contribution is 0.552. The van der Waals surface area contributed by atoms with Gasteiger partial charge in [-0.15, -0.1) is 0 Å². The zero-order valence-electron chi connectivity index (χ0n) is 7.06. The van der Waals surface area contributed by atoms with Crippen LogP contribution in [0.4, 0.5) is 0 Å². The SMILES string of the molecule is CB(O)NCc1nc(Br)[nH]c1C. The predicted molar refractivity (Wildman–Crippen MR) is 51.7 cm³/mol. The van der Waals surface area contributed by atoms with Gasteiger partial charge < -0.3 is 15.2 Å². The number of hydrogen-bond donors (Lipinski definition) is 3. The van der Waals surface area contributed by atoms with Crippen molar-refractivity contribution in [2.75, 3.05) is 0 Å². The summed E-state index contributed by atoms with van der Waals surface area (Å²) >= 11 is 3.23. The lowest BCUT2D eigenvalue weighted by atomic mass is 9.89. The molecule has 0 aromatic carbocycles. The van der Waals surface area contributed by atoms with E-state index in [0.717, 1.165) is 16.1 Å². The molecule has 4 nitrogen and oxygen atoms in total. The number of aromatic nitrogens is 2. The zero-order chi connectivity index (χ0) is 9.14. The topological polar surface area (TPSA) is 60.9 Å². The van der Waals surface area contributed by atoms with Gasteiger partial charge in [0, 0.05) is 12.2 Å². The molecule has 0 aliphatic heterocycles. The van der Waals surface area contributed by atoms with Gasteiger partial charge in [-0.25, -0.2) is 4.98 Å². The van der Waals surface area contributed by atoms with E-state index in [9.17, 15) is 0 Å². The standard InChI is InChI=1S/C6H11BBrN3O/c1-4-5(3-9-7(2)12)11-6(8)10-4/h9,12H,3H2,1-2H3,(H,10,11). The van der Waals surface area contributed by atoms with Crippen LogP contribution in [0.2, 0.25) is 6.82 Å². The number of aromatic amines is 1. The van der Waals surface area contributed by atoms with Gasteiger partial charge in [0.05, 0.1) is 5.69 Å². The molecule has 0 fully saturated rings. The summed E-state index contributed by atoms with van der Waals surface area (Å²) in [4.78, 5) is 7.18. The first-order chi connectivity index (χ1) is 5.59. The third-order valence-corrected chi connectivity index (χ3v) is 1.90. The Morgan fingerprint density at radius 3 is 2.83 bits per heavy atom. The molecule has 1 heterocycles. The van der Waals surface area contributed by atoms with Gasteiger partial charge in [-0.05, 0) is 29.7 Å². The largest absolute Gasteiger partial charge is 0.437 e. The molecule has 0 amide bonds. The summed E-state index contributed by atoms with van der Waals surface area (Å²) in [5.41, 5.74) is 1.93. The Morgan fingerprint density at radius 2 is 2.42 bits per heavy atom. The van der Waals surface area contributed by atoms with Crippen LogP contribution < -0.4 is 5.23 Å². The second-order valence-corrected chi connectivity index (χ2v) is 3.41. The maximum Gasteiger partial charge on any atom is 0.373 e. The number of rotatable bonds is 3. The normalized spacial score (nSPS) is 10.3. The second-order valence-electron chi connectivity index (χ2n) is 2.66. The summed E-state index contributed by atoms with van der Waals surface area (Å²) in [7, 11) is -0.500. The van der Waals surface area contributed by atoms with Gasteiger partial charge in [0.1, 0.15) is 0 Å². The highest BCUT2D eigenvalue weighted by Crippen LogP contribution is 2.09. The van der Waals surface area contributed by atoms with E-state index < -0.39 is 7.05 Å². The van der Waals surface area contributed by atoms with Gasteiger partial charge in [0.15, 0.2) is 4.73 Å². The number of nitrogens with zero attached hydrogens (tertiary/aromatic N) is 1. The first kappa shape index (κ1) is 9.76. The molecule has 0 aliphatic carbocycles. The highest BCUT2D eigenvalue weighted by molar-refractivity contribution is 9.10. The van der Waals surface area contributed by atoms with E-state index in [0.29, 0.717) is 6.54 Å². The Balaban J connectivity index is 2.57. The van der Waals surface area contributed by atoms with Crippen LogP contribution >= 0.6 is 15.9 Å². The van der Waals surface area contributed by atoms with Crippen LogP contribution in [0.5, 0.6) is 0 Å². The Kier molecular flexibility index (Phi) is 3.31. The summed E-state index contributed by atoms with van der Waals surface area (Å²) in [5, 5.41) is 11.8. The van der Waals surface area contributed by atoms with E-state index in [4.69, 9.17) is 5.02 Å². The van der Waals surface area contributed by atoms with Crippen molar-refractivity contribution in [3.63, 3.8) is 0 Å². The number of halogens is 1. The van der Waals surface area contributed by atoms with Gasteiger partial charge in [0.25, 0.3) is 0 Å². The van der Waals surface area contributed by atoms with Crippen LogP contribution in [0, 0.1) is 6.92 Å². The van der Waals surface area contributed by atoms with Crippen LogP contribution in [0.1, 0.15) is 11.4 Å². The molecule has 0 saturated heterocycles. The van der Waals surface area contributed by atoms with Crippen LogP contribution in [0.25, 0.3) is 0 Å². The molecule has 0 unspecified atom stereocenters. The predicted octanol–water partition coefficient (Wildman–Crippen LogP) is 0.681. The van der Waals surface area contributed by atoms with Crippen LogP contribution in [0.3, 0.4) is 0 Å². The maximum absolute atomic E-state index is 8.95. The van der Waals surface area contributed by atoms with Crippen LogP contribution in [-0.2, 0) is 6.54 Å². The van der Waals surface area contributed by atoms with E-state index >= 15 is 0 Å². The Labute approximate surface area is 80.0 Å². The van der Waals surface area contributed by atoms with E-state index in [1.54, 1.807) is 6.82 Å². The number of H-pyrrole nitrogens is 1. The van der Waals surface area contributed by atoms with Crippen molar-refractivity contribution in [1.82, 2.24) is 15.2 Å². The molecule has 6 heteroatoms. The third-order valence-electron chi connectivity index (χ3n) is 1.52. The van der Waals surface area contributed by atoms with Crippen molar-refractivity contribution in [2.45, 2.75) is 20.3 Å². The molecule has 1 aromatic rings. The smallest absolute Gasteiger partial charge is 0.373 e. The molecule has 0 radical (unpaired) electrons. The van der Waals surface area contributed by atoms with Gasteiger partial charge in [-0.2, -0.15) is 0 Å². The molecule has 0 saturated carbocycles. The minimum atomic E-state index is -0.500. The highest BCUT2D eigenvalue weighted by atomic mass is 79.9. The molecule has 0 aliphatic rings. The Hall–Kier alpha value is -0.325. The molecule has 1 aromatic heterocycles. The second kappa shape index (κ2) is 4.07. The first-order valence-corrected chi connectivity index (χ1v) is 4.51. The molecule has 12 heavy (non-hydrogen) atoms. The Bertz CT molecular complexity index is 263. The minimum Gasteiger partial charge on any atom is -0.437 e. The maximum atomic E-state index is 8.95. The van der Waals surface area contributed by atoms with Gasteiger partial charge >= 0.3 is 7.05 Å². The Morgan fingerprint density at radius 1 is 1.75 bits per heavy atom. The van der Waals surface area contributed by atoms with Gasteiger partial charge in [-0.3, -0.25) is 0 Å². The van der Waals surface area contributed by atoms with Crippen molar-refractivity contribution in [3.8, 4) is 0 Å². The lowest BCUT2D eigenvalue weighted by Crippen LogP contribution is -2.30. The molecular formula is C6H11BBrN3O. The fraction of sp³-hybridized carbons (Fsp3) is 0.500. The fourth-order valence-corrected chi connectivity index (χ4v) is 1.39. The summed E-state index contributed by atoms with van der Waals surface area (Å²) in [6, 6.07) is 0. The monoisotopic (exact) mass is 231 g/mol. The first-order valence-electron chi connectivity index (χ1n) is 3.72. The van der Waals surface area contributed by atoms with Gasteiger partial charge in [-0.1, -0.05) is 0 Å². The lowest BCUT2D eigenvalue weighted by Gasteiger charge is -2.01. The van der Waals surface area contributed by atoms with Crippen LogP contribution in [0.15, 0.2) is 4.73 Å². The average Bonchev–Trinajstić information content (AvgIpc) is 2.26. The fourth-order valence-electron chi connectivity index (χ4n) is 0.874. The van der Waals surface area contributed by atoms with Crippen LogP contribution in [-0.4, -0.2) is 22.0 Å². The number of imidazole rings is 1. The number of nitrogens with one attached hydrogen (secondary N) is 2. The van der Waals surface area contributed by atoms with E-state index in [2.05, 4.69) is 31.1 Å². The van der Waals surface area contributed by atoms with Crippen molar-refractivity contribution < 1.29 is 5.02 Å². The molecule has 3 N–H and O–H groups in total. The molecular weight excluding hydrogens is 221 g/mol. The van der Waals surface area contributed by atoms with Crippen molar-refractivity contribution in [1.29, 1.82) is 0 Å². The van der Waals surface area contributed by atoms with Gasteiger partial charge in [0.2, 0.25) is 0 Å². The summed E-state index contributed by atoms with van der Waals surface area (Å²) in [5.74, 6) is 0. The molecule has 66 valence electrons. The van der Waals surface area contributed by atoms with E-state index in [1.165, 1.54) is 0 Å². The summed E-state index contributed by atoms with van der Waals surface area (Å²) in [6.45, 7) is 4.19. The number of hydrogen-bond acceptors (Lipinski definition) is 3. The quantitative estimate of drug-likeness (QED) is 0.671. The zero-order valence-corrected chi connectivity index (χ0v) is 8.64. The molecule has 0 spiro atoms. The third kappa shape index (κ3) is 2.62. The highest BCUT2D eigenvalue weighted by Gasteiger charge is 2.06. The molecule has 1 rings (SSSR count). The molecule has 0 atom stereocenters. The van der Waals surface area contributed by atoms with Crippen molar-refractivity contribution in [3.05, 3.63) is 16.1 Å².